The number of nitrogens with zero attached hydrogens (tertiary/aromatic N) is 4. The number of fused-ring (bicyclic) bond motifs is 1. The van der Waals surface area contributed by atoms with Gasteiger partial charge in [-0.2, -0.15) is 0 Å². The van der Waals surface area contributed by atoms with Crippen molar-refractivity contribution in [1.82, 2.24) is 24.5 Å². The summed E-state index contributed by atoms with van der Waals surface area (Å²) in [5.41, 5.74) is 4.22. The summed E-state index contributed by atoms with van der Waals surface area (Å²) in [6.07, 6.45) is 4.71. The Labute approximate surface area is 206 Å². The van der Waals surface area contributed by atoms with Gasteiger partial charge in [0, 0.05) is 47.7 Å². The van der Waals surface area contributed by atoms with E-state index >= 15 is 0 Å². The number of benzene rings is 2. The minimum atomic E-state index is -0.386. The molecule has 0 atom stereocenters. The summed E-state index contributed by atoms with van der Waals surface area (Å²) in [6, 6.07) is 17.3. The Balaban J connectivity index is 0.00000169. The summed E-state index contributed by atoms with van der Waals surface area (Å²) in [6.45, 7) is 4.35. The van der Waals surface area contributed by atoms with Crippen LogP contribution in [0.3, 0.4) is 0 Å². The van der Waals surface area contributed by atoms with Crippen LogP contribution >= 0.6 is 0 Å². The Bertz CT molecular complexity index is 1500. The fourth-order valence-corrected chi connectivity index (χ4v) is 3.70. The van der Waals surface area contributed by atoms with Crippen LogP contribution in [0.15, 0.2) is 73.2 Å². The molecule has 9 nitrogen and oxygen atoms in total. The summed E-state index contributed by atoms with van der Waals surface area (Å²) >= 11 is 0. The minimum absolute atomic E-state index is 0. The molecule has 35 heavy (non-hydrogen) atoms. The number of H-pyrrole nitrogens is 1. The second-order valence-electron chi connectivity index (χ2n) is 8.42. The van der Waals surface area contributed by atoms with E-state index in [1.807, 2.05) is 41.9 Å². The quantitative estimate of drug-likeness (QED) is 0.254. The maximum atomic E-state index is 12.4. The van der Waals surface area contributed by atoms with Crippen molar-refractivity contribution >= 4 is 34.5 Å². The molecule has 5 rings (SSSR count). The van der Waals surface area contributed by atoms with Gasteiger partial charge in [0.2, 0.25) is 11.9 Å². The molecule has 0 saturated carbocycles. The van der Waals surface area contributed by atoms with Gasteiger partial charge in [0.15, 0.2) is 0 Å². The molecule has 3 heterocycles. The van der Waals surface area contributed by atoms with Gasteiger partial charge in [-0.05, 0) is 41.8 Å². The van der Waals surface area contributed by atoms with Crippen molar-refractivity contribution in [3.63, 3.8) is 0 Å². The van der Waals surface area contributed by atoms with E-state index in [-0.39, 0.29) is 15.9 Å². The van der Waals surface area contributed by atoms with Crippen molar-refractivity contribution in [2.24, 2.45) is 7.05 Å². The monoisotopic (exact) mass is 473 g/mol. The number of nitrogens with one attached hydrogen (secondary N) is 3. The number of ether oxygens (including phenoxy) is 1. The van der Waals surface area contributed by atoms with Crippen LogP contribution < -0.4 is 15.4 Å². The Morgan fingerprint density at radius 2 is 1.91 bits per heavy atom. The van der Waals surface area contributed by atoms with Crippen molar-refractivity contribution in [2.75, 3.05) is 10.6 Å². The van der Waals surface area contributed by atoms with Crippen molar-refractivity contribution < 1.29 is 13.8 Å². The summed E-state index contributed by atoms with van der Waals surface area (Å²) in [5, 5.41) is 6.06. The normalized spacial score (nSPS) is 11.1. The highest BCUT2D eigenvalue weighted by atomic mass is 16.5. The zero-order valence-corrected chi connectivity index (χ0v) is 19.6. The predicted octanol–water partition coefficient (Wildman–Crippen LogP) is 6.34. The number of carbonyl (C=O) groups excluding carboxylic acids is 1. The van der Waals surface area contributed by atoms with Gasteiger partial charge in [0.1, 0.15) is 17.2 Å². The number of amides is 1. The van der Waals surface area contributed by atoms with Crippen molar-refractivity contribution in [2.45, 2.75) is 19.8 Å². The fraction of sp³-hybridized carbons (Fsp3) is 0.154. The fourth-order valence-electron chi connectivity index (χ4n) is 3.70. The van der Waals surface area contributed by atoms with E-state index in [0.29, 0.717) is 23.4 Å². The molecule has 5 aromatic rings. The van der Waals surface area contributed by atoms with E-state index < -0.39 is 0 Å². The zero-order valence-electron chi connectivity index (χ0n) is 19.6. The average Bonchev–Trinajstić information content (AvgIpc) is 3.47. The van der Waals surface area contributed by atoms with Crippen molar-refractivity contribution in [3.05, 3.63) is 84.4 Å². The first-order valence-electron chi connectivity index (χ1n) is 11.2. The second-order valence-corrected chi connectivity index (χ2v) is 8.42. The summed E-state index contributed by atoms with van der Waals surface area (Å²) < 4.78 is 8.01. The molecule has 0 fully saturated rings. The molecule has 0 aliphatic carbocycles. The first kappa shape index (κ1) is 22.1. The highest BCUT2D eigenvalue weighted by molar-refractivity contribution is 6.02. The van der Waals surface area contributed by atoms with E-state index in [0.717, 1.165) is 22.7 Å². The Kier molecular flexibility index (Phi) is 5.88. The molecule has 9 heteroatoms. The standard InChI is InChI=1S/C26H25N7O2.3H2/c1-16(2)17-5-4-6-18(13-17)30-26-31-21-14-19(7-8-23(21)33(26)3)35-20-9-10-27-22(15-20)24(34)32-25-28-11-12-29-25;;;/h4-16H,1-3H3,(H,30,31)(H2,28,29,32,34);3*1H. The van der Waals surface area contributed by atoms with Gasteiger partial charge < -0.3 is 19.6 Å². The van der Waals surface area contributed by atoms with E-state index in [2.05, 4.69) is 51.6 Å². The Morgan fingerprint density at radius 3 is 2.71 bits per heavy atom. The lowest BCUT2D eigenvalue weighted by Crippen LogP contribution is -2.14. The number of carbonyl (C=O) groups is 1. The third kappa shape index (κ3) is 4.84. The molecule has 0 bridgehead atoms. The van der Waals surface area contributed by atoms with Crippen LogP contribution in [0.25, 0.3) is 11.0 Å². The molecule has 2 aromatic carbocycles. The van der Waals surface area contributed by atoms with Gasteiger partial charge in [-0.1, -0.05) is 26.0 Å². The number of hydrogen-bond acceptors (Lipinski definition) is 6. The Morgan fingerprint density at radius 1 is 1.06 bits per heavy atom. The highest BCUT2D eigenvalue weighted by Gasteiger charge is 2.13. The lowest BCUT2D eigenvalue weighted by atomic mass is 10.0. The first-order valence-corrected chi connectivity index (χ1v) is 11.2. The number of aryl methyl sites for hydroxylation is 1. The largest absolute Gasteiger partial charge is 0.457 e. The molecule has 3 N–H and O–H groups in total. The number of pyridine rings is 1. The maximum absolute atomic E-state index is 12.4. The van der Waals surface area contributed by atoms with Crippen LogP contribution in [0.5, 0.6) is 11.5 Å². The molecule has 0 spiro atoms. The maximum Gasteiger partial charge on any atom is 0.276 e. The number of anilines is 3. The van der Waals surface area contributed by atoms with Crippen LogP contribution in [0.1, 0.15) is 40.1 Å². The second kappa shape index (κ2) is 9.30. The molecule has 0 unspecified atom stereocenters. The molecule has 0 aliphatic rings. The summed E-state index contributed by atoms with van der Waals surface area (Å²) in [4.78, 5) is 28.1. The van der Waals surface area contributed by atoms with Gasteiger partial charge in [0.25, 0.3) is 5.91 Å². The van der Waals surface area contributed by atoms with Crippen LogP contribution in [0, 0.1) is 0 Å². The molecule has 0 saturated heterocycles. The minimum Gasteiger partial charge on any atom is -0.457 e. The highest BCUT2D eigenvalue weighted by Crippen LogP contribution is 2.29. The van der Waals surface area contributed by atoms with E-state index in [9.17, 15) is 4.79 Å². The van der Waals surface area contributed by atoms with Crippen LogP contribution in [-0.4, -0.2) is 30.4 Å². The van der Waals surface area contributed by atoms with Crippen molar-refractivity contribution in [3.8, 4) is 11.5 Å². The van der Waals surface area contributed by atoms with Crippen molar-refractivity contribution in [1.29, 1.82) is 0 Å². The summed E-state index contributed by atoms with van der Waals surface area (Å²) in [5.74, 6) is 2.24. The zero-order chi connectivity index (χ0) is 24.4. The molecule has 0 radical (unpaired) electrons. The lowest BCUT2D eigenvalue weighted by Gasteiger charge is -2.10. The van der Waals surface area contributed by atoms with Gasteiger partial charge in [-0.25, -0.2) is 9.97 Å². The van der Waals surface area contributed by atoms with E-state index in [1.54, 1.807) is 24.5 Å². The lowest BCUT2D eigenvalue weighted by molar-refractivity contribution is 0.102. The van der Waals surface area contributed by atoms with Gasteiger partial charge in [-0.15, -0.1) is 0 Å². The molecule has 1 amide bonds. The van der Waals surface area contributed by atoms with Crippen LogP contribution in [0.2, 0.25) is 0 Å². The van der Waals surface area contributed by atoms with E-state index in [4.69, 9.17) is 9.72 Å². The number of hydrogen-bond donors (Lipinski definition) is 3. The topological polar surface area (TPSA) is 110 Å². The average molecular weight is 474 g/mol. The van der Waals surface area contributed by atoms with Crippen LogP contribution in [-0.2, 0) is 7.05 Å². The molecular formula is C26H31N7O2. The number of imidazole rings is 2. The smallest absolute Gasteiger partial charge is 0.276 e. The molecule has 0 aliphatic heterocycles. The molecule has 3 aromatic heterocycles. The first-order chi connectivity index (χ1) is 17.0. The number of aromatic amines is 1. The van der Waals surface area contributed by atoms with Gasteiger partial charge >= 0.3 is 0 Å². The summed E-state index contributed by atoms with van der Waals surface area (Å²) in [7, 11) is 1.97. The Hall–Kier alpha value is -4.66. The third-order valence-corrected chi connectivity index (χ3v) is 5.59. The van der Waals surface area contributed by atoms with Crippen LogP contribution in [0.4, 0.5) is 17.6 Å². The van der Waals surface area contributed by atoms with Gasteiger partial charge in [-0.3, -0.25) is 15.1 Å². The predicted molar refractivity (Wildman–Crippen MR) is 142 cm³/mol. The molecule has 182 valence electrons. The number of rotatable bonds is 7. The van der Waals surface area contributed by atoms with Gasteiger partial charge in [0.05, 0.1) is 11.0 Å². The third-order valence-electron chi connectivity index (χ3n) is 5.59. The molecular weight excluding hydrogens is 442 g/mol. The van der Waals surface area contributed by atoms with E-state index in [1.165, 1.54) is 11.8 Å². The number of aromatic nitrogens is 5. The SMILES string of the molecule is CC(C)c1cccc(Nc2nc3cc(Oc4ccnc(C(=O)Nc5ncc[nH]5)c4)ccc3n2C)c1.[HH].[HH].[HH].